The van der Waals surface area contributed by atoms with Gasteiger partial charge >= 0.3 is 0 Å². The summed E-state index contributed by atoms with van der Waals surface area (Å²) in [6, 6.07) is 13.5. The van der Waals surface area contributed by atoms with Crippen molar-refractivity contribution in [3.05, 3.63) is 65.5 Å². The van der Waals surface area contributed by atoms with E-state index in [4.69, 9.17) is 9.57 Å². The second-order valence-corrected chi connectivity index (χ2v) is 3.81. The van der Waals surface area contributed by atoms with Gasteiger partial charge < -0.3 is 9.57 Å². The average Bonchev–Trinajstić information content (AvgIpc) is 2.44. The summed E-state index contributed by atoms with van der Waals surface area (Å²) in [5.41, 5.74) is 1.41. The van der Waals surface area contributed by atoms with E-state index in [2.05, 4.69) is 11.4 Å². The van der Waals surface area contributed by atoms with Gasteiger partial charge in [-0.1, -0.05) is 29.4 Å². The Morgan fingerprint density at radius 2 is 2.00 bits per heavy atom. The minimum atomic E-state index is -0.293. The van der Waals surface area contributed by atoms with E-state index >= 15 is 0 Å². The molecule has 0 saturated carbocycles. The monoisotopic (exact) mass is 258 g/mol. The molecule has 0 unspecified atom stereocenters. The lowest BCUT2D eigenvalue weighted by Gasteiger charge is -2.02. The number of hydrogen-bond donors (Lipinski definition) is 0. The second kappa shape index (κ2) is 6.54. The normalized spacial score (nSPS) is 10.6. The third-order valence-corrected chi connectivity index (χ3v) is 2.46. The number of nitrogens with zero attached hydrogens (tertiary/aromatic N) is 1. The number of halogens is 1. The topological polar surface area (TPSA) is 30.8 Å². The third-order valence-electron chi connectivity index (χ3n) is 2.46. The van der Waals surface area contributed by atoms with Crippen LogP contribution in [-0.4, -0.2) is 13.3 Å². The fourth-order valence-electron chi connectivity index (χ4n) is 1.55. The Labute approximate surface area is 111 Å². The molecule has 1 radical (unpaired) electrons. The van der Waals surface area contributed by atoms with Crippen LogP contribution < -0.4 is 4.74 Å². The van der Waals surface area contributed by atoms with Crippen LogP contribution in [0.25, 0.3) is 0 Å². The van der Waals surface area contributed by atoms with E-state index in [9.17, 15) is 4.39 Å². The zero-order chi connectivity index (χ0) is 13.5. The Hall–Kier alpha value is -2.36. The molecule has 0 aliphatic heterocycles. The molecule has 0 aromatic heterocycles. The van der Waals surface area contributed by atoms with Crippen molar-refractivity contribution in [2.24, 2.45) is 5.16 Å². The largest absolute Gasteiger partial charge is 0.496 e. The molecule has 0 aliphatic carbocycles. The number of rotatable bonds is 5. The molecular formula is C15H13FNO2. The predicted octanol–water partition coefficient (Wildman–Crippen LogP) is 3.26. The van der Waals surface area contributed by atoms with E-state index in [1.165, 1.54) is 12.1 Å². The van der Waals surface area contributed by atoms with Crippen molar-refractivity contribution in [2.75, 3.05) is 7.11 Å². The molecular weight excluding hydrogens is 245 g/mol. The van der Waals surface area contributed by atoms with Crippen LogP contribution in [0.5, 0.6) is 5.75 Å². The quantitative estimate of drug-likeness (QED) is 0.608. The highest BCUT2D eigenvalue weighted by Gasteiger charge is 1.99. The van der Waals surface area contributed by atoms with Crippen LogP contribution in [0.15, 0.2) is 53.7 Å². The van der Waals surface area contributed by atoms with E-state index in [0.717, 1.165) is 0 Å². The first kappa shape index (κ1) is 13.1. The maximum atomic E-state index is 12.9. The van der Waals surface area contributed by atoms with Gasteiger partial charge in [-0.3, -0.25) is 0 Å². The first-order valence-corrected chi connectivity index (χ1v) is 5.75. The second-order valence-electron chi connectivity index (χ2n) is 3.81. The van der Waals surface area contributed by atoms with E-state index in [-0.39, 0.29) is 12.4 Å². The summed E-state index contributed by atoms with van der Waals surface area (Å²) < 4.78 is 18.1. The highest BCUT2D eigenvalue weighted by molar-refractivity contribution is 5.82. The SMILES string of the molecule is COc1ccccc1/[C]=N\OCc1cccc(F)c1. The summed E-state index contributed by atoms with van der Waals surface area (Å²) in [5, 5.41) is 3.72. The Morgan fingerprint density at radius 1 is 1.16 bits per heavy atom. The lowest BCUT2D eigenvalue weighted by atomic mass is 10.2. The molecule has 2 aromatic carbocycles. The molecule has 4 heteroatoms. The van der Waals surface area contributed by atoms with Gasteiger partial charge in [-0.25, -0.2) is 4.39 Å². The number of para-hydroxylation sites is 1. The van der Waals surface area contributed by atoms with Gasteiger partial charge in [-0.15, -0.1) is 0 Å². The molecule has 2 aromatic rings. The molecule has 3 nitrogen and oxygen atoms in total. The lowest BCUT2D eigenvalue weighted by Crippen LogP contribution is -1.92. The lowest BCUT2D eigenvalue weighted by molar-refractivity contribution is 0.132. The van der Waals surface area contributed by atoms with Crippen LogP contribution in [0.2, 0.25) is 0 Å². The molecule has 0 bridgehead atoms. The van der Waals surface area contributed by atoms with Gasteiger partial charge in [-0.05, 0) is 29.8 Å². The van der Waals surface area contributed by atoms with Crippen LogP contribution in [0.3, 0.4) is 0 Å². The van der Waals surface area contributed by atoms with Gasteiger partial charge in [0, 0.05) is 5.56 Å². The van der Waals surface area contributed by atoms with Crippen LogP contribution in [0.1, 0.15) is 11.1 Å². The smallest absolute Gasteiger partial charge is 0.143 e. The molecule has 0 amide bonds. The van der Waals surface area contributed by atoms with Gasteiger partial charge in [0.15, 0.2) is 0 Å². The molecule has 19 heavy (non-hydrogen) atoms. The van der Waals surface area contributed by atoms with Gasteiger partial charge in [0.05, 0.1) is 7.11 Å². The van der Waals surface area contributed by atoms with E-state index in [0.29, 0.717) is 16.9 Å². The molecule has 0 spiro atoms. The molecule has 2 rings (SSSR count). The minimum absolute atomic E-state index is 0.194. The summed E-state index contributed by atoms with van der Waals surface area (Å²) >= 11 is 0. The average molecular weight is 258 g/mol. The molecule has 0 heterocycles. The Bertz CT molecular complexity index is 570. The number of ether oxygens (including phenoxy) is 1. The molecule has 0 N–H and O–H groups in total. The van der Waals surface area contributed by atoms with Crippen LogP contribution in [0.4, 0.5) is 4.39 Å². The van der Waals surface area contributed by atoms with Crippen LogP contribution >= 0.6 is 0 Å². The van der Waals surface area contributed by atoms with Crippen molar-refractivity contribution in [3.8, 4) is 5.75 Å². The van der Waals surface area contributed by atoms with E-state index < -0.39 is 0 Å². The van der Waals surface area contributed by atoms with Gasteiger partial charge in [-0.2, -0.15) is 0 Å². The molecule has 0 saturated heterocycles. The highest BCUT2D eigenvalue weighted by atomic mass is 19.1. The highest BCUT2D eigenvalue weighted by Crippen LogP contribution is 2.14. The Morgan fingerprint density at radius 3 is 2.79 bits per heavy atom. The summed E-state index contributed by atoms with van der Waals surface area (Å²) in [7, 11) is 1.58. The standard InChI is InChI=1S/C15H13FNO2/c1-18-15-8-3-2-6-13(15)10-17-19-11-12-5-4-7-14(16)9-12/h2-9H,11H2,1H3. The van der Waals surface area contributed by atoms with Crippen molar-refractivity contribution < 1.29 is 14.0 Å². The van der Waals surface area contributed by atoms with Crippen molar-refractivity contribution in [1.29, 1.82) is 0 Å². The van der Waals surface area contributed by atoms with E-state index in [1.807, 2.05) is 24.3 Å². The summed E-state index contributed by atoms with van der Waals surface area (Å²) in [6.45, 7) is 0.194. The summed E-state index contributed by atoms with van der Waals surface area (Å²) in [4.78, 5) is 5.07. The van der Waals surface area contributed by atoms with Crippen LogP contribution in [0, 0.1) is 5.82 Å². The predicted molar refractivity (Wildman–Crippen MR) is 70.7 cm³/mol. The van der Waals surface area contributed by atoms with Gasteiger partial charge in [0.2, 0.25) is 0 Å². The molecule has 0 fully saturated rings. The van der Waals surface area contributed by atoms with E-state index in [1.54, 1.807) is 19.2 Å². The maximum Gasteiger partial charge on any atom is 0.143 e. The van der Waals surface area contributed by atoms with Gasteiger partial charge in [0.1, 0.15) is 24.4 Å². The molecule has 0 aliphatic rings. The molecule has 97 valence electrons. The Kier molecular flexibility index (Phi) is 4.50. The number of hydrogen-bond acceptors (Lipinski definition) is 3. The fraction of sp³-hybridized carbons (Fsp3) is 0.133. The third kappa shape index (κ3) is 3.81. The summed E-state index contributed by atoms with van der Waals surface area (Å²) in [6.07, 6.45) is 2.73. The summed E-state index contributed by atoms with van der Waals surface area (Å²) in [5.74, 6) is 0.374. The van der Waals surface area contributed by atoms with Crippen LogP contribution in [-0.2, 0) is 11.4 Å². The Balaban J connectivity index is 1.93. The maximum absolute atomic E-state index is 12.9. The van der Waals surface area contributed by atoms with Gasteiger partial charge in [0.25, 0.3) is 0 Å². The van der Waals surface area contributed by atoms with Crippen molar-refractivity contribution in [2.45, 2.75) is 6.61 Å². The van der Waals surface area contributed by atoms with Crippen molar-refractivity contribution >= 4 is 6.21 Å². The first-order valence-electron chi connectivity index (χ1n) is 5.75. The fourth-order valence-corrected chi connectivity index (χ4v) is 1.55. The number of methoxy groups -OCH3 is 1. The zero-order valence-corrected chi connectivity index (χ0v) is 10.5. The van der Waals surface area contributed by atoms with Crippen molar-refractivity contribution in [1.82, 2.24) is 0 Å². The first-order chi connectivity index (χ1) is 9.29. The minimum Gasteiger partial charge on any atom is -0.496 e. The zero-order valence-electron chi connectivity index (χ0n) is 10.5. The van der Waals surface area contributed by atoms with Crippen molar-refractivity contribution in [3.63, 3.8) is 0 Å². The number of benzene rings is 2. The molecule has 0 atom stereocenters.